The highest BCUT2D eigenvalue weighted by Gasteiger charge is 2.30. The van der Waals surface area contributed by atoms with Gasteiger partial charge in [-0.05, 0) is 44.5 Å². The molecule has 0 spiro atoms. The molecular formula is C19H29N3OS. The highest BCUT2D eigenvalue weighted by molar-refractivity contribution is 7.80. The Hall–Kier alpha value is -1.17. The van der Waals surface area contributed by atoms with Crippen molar-refractivity contribution in [3.63, 3.8) is 0 Å². The average Bonchev–Trinajstić information content (AvgIpc) is 3.01. The van der Waals surface area contributed by atoms with Gasteiger partial charge < -0.3 is 15.0 Å². The molecule has 0 radical (unpaired) electrons. The first-order valence-electron chi connectivity index (χ1n) is 9.08. The average molecular weight is 348 g/mol. The Labute approximate surface area is 151 Å². The van der Waals surface area contributed by atoms with Crippen LogP contribution in [0, 0.1) is 0 Å². The second kappa shape index (κ2) is 8.28. The molecule has 1 N–H and O–H groups in total. The summed E-state index contributed by atoms with van der Waals surface area (Å²) in [5.41, 5.74) is 1.27. The van der Waals surface area contributed by atoms with E-state index in [4.69, 9.17) is 17.0 Å². The Bertz CT molecular complexity index is 529. The molecule has 2 aliphatic rings. The largest absolute Gasteiger partial charge is 0.373 e. The molecule has 0 aromatic heterocycles. The summed E-state index contributed by atoms with van der Waals surface area (Å²) >= 11 is 5.68. The lowest BCUT2D eigenvalue weighted by Gasteiger charge is -2.38. The van der Waals surface area contributed by atoms with Crippen LogP contribution in [0.3, 0.4) is 0 Å². The minimum atomic E-state index is 0.326. The maximum atomic E-state index is 5.85. The second-order valence-electron chi connectivity index (χ2n) is 7.11. The van der Waals surface area contributed by atoms with Crippen molar-refractivity contribution in [3.8, 4) is 0 Å². The first kappa shape index (κ1) is 17.6. The third-order valence-corrected chi connectivity index (χ3v) is 5.27. The van der Waals surface area contributed by atoms with Crippen molar-refractivity contribution in [1.82, 2.24) is 15.1 Å². The minimum Gasteiger partial charge on any atom is -0.373 e. The topological polar surface area (TPSA) is 27.7 Å². The fraction of sp³-hybridized carbons (Fsp3) is 0.632. The SMILES string of the molecule is CC1CN(CC2CCCN2C(=S)NCc2ccccc2)CC(C)O1. The van der Waals surface area contributed by atoms with Gasteiger partial charge in [0.15, 0.2) is 5.11 Å². The zero-order chi connectivity index (χ0) is 16.9. The van der Waals surface area contributed by atoms with Crippen LogP contribution in [-0.4, -0.2) is 59.3 Å². The van der Waals surface area contributed by atoms with Crippen molar-refractivity contribution >= 4 is 17.3 Å². The molecule has 0 aliphatic carbocycles. The molecule has 0 saturated carbocycles. The predicted octanol–water partition coefficient (Wildman–Crippen LogP) is 2.63. The van der Waals surface area contributed by atoms with E-state index in [-0.39, 0.29) is 0 Å². The third-order valence-electron chi connectivity index (χ3n) is 4.89. The molecule has 0 bridgehead atoms. The van der Waals surface area contributed by atoms with Gasteiger partial charge in [-0.2, -0.15) is 0 Å². The molecule has 3 rings (SSSR count). The second-order valence-corrected chi connectivity index (χ2v) is 7.50. The van der Waals surface area contributed by atoms with Crippen LogP contribution in [0.5, 0.6) is 0 Å². The van der Waals surface area contributed by atoms with Crippen LogP contribution < -0.4 is 5.32 Å². The first-order valence-corrected chi connectivity index (χ1v) is 9.49. The number of nitrogens with zero attached hydrogens (tertiary/aromatic N) is 2. The van der Waals surface area contributed by atoms with E-state index < -0.39 is 0 Å². The van der Waals surface area contributed by atoms with E-state index in [1.807, 2.05) is 6.07 Å². The quantitative estimate of drug-likeness (QED) is 0.846. The molecule has 1 aromatic carbocycles. The van der Waals surface area contributed by atoms with E-state index in [0.29, 0.717) is 18.2 Å². The van der Waals surface area contributed by atoms with Gasteiger partial charge in [-0.1, -0.05) is 30.3 Å². The number of rotatable bonds is 4. The highest BCUT2D eigenvalue weighted by atomic mass is 32.1. The molecule has 1 aromatic rings. The summed E-state index contributed by atoms with van der Waals surface area (Å²) in [4.78, 5) is 4.94. The van der Waals surface area contributed by atoms with E-state index in [2.05, 4.69) is 53.2 Å². The van der Waals surface area contributed by atoms with Crippen molar-refractivity contribution in [1.29, 1.82) is 0 Å². The summed E-state index contributed by atoms with van der Waals surface area (Å²) in [6, 6.07) is 11.0. The standard InChI is InChI=1S/C19H29N3OS/c1-15-12-21(13-16(2)23-15)14-18-9-6-10-22(18)19(24)20-11-17-7-4-3-5-8-17/h3-5,7-8,15-16,18H,6,9-14H2,1-2H3,(H,20,24). The Morgan fingerprint density at radius 2 is 1.92 bits per heavy atom. The van der Waals surface area contributed by atoms with E-state index >= 15 is 0 Å². The van der Waals surface area contributed by atoms with Gasteiger partial charge in [-0.15, -0.1) is 0 Å². The van der Waals surface area contributed by atoms with Crippen LogP contribution in [0.15, 0.2) is 30.3 Å². The maximum absolute atomic E-state index is 5.85. The van der Waals surface area contributed by atoms with E-state index in [1.165, 1.54) is 18.4 Å². The molecular weight excluding hydrogens is 318 g/mol. The van der Waals surface area contributed by atoms with Gasteiger partial charge >= 0.3 is 0 Å². The van der Waals surface area contributed by atoms with Gasteiger partial charge in [0, 0.05) is 38.8 Å². The lowest BCUT2D eigenvalue weighted by molar-refractivity contribution is -0.0710. The lowest BCUT2D eigenvalue weighted by atomic mass is 10.1. The van der Waals surface area contributed by atoms with Gasteiger partial charge in [-0.25, -0.2) is 0 Å². The smallest absolute Gasteiger partial charge is 0.169 e. The predicted molar refractivity (Wildman–Crippen MR) is 102 cm³/mol. The summed E-state index contributed by atoms with van der Waals surface area (Å²) in [6.45, 7) is 9.35. The number of likely N-dealkylation sites (tertiary alicyclic amines) is 1. The van der Waals surface area contributed by atoms with Crippen LogP contribution in [0.4, 0.5) is 0 Å². The van der Waals surface area contributed by atoms with Gasteiger partial charge in [0.1, 0.15) is 0 Å². The van der Waals surface area contributed by atoms with Gasteiger partial charge in [-0.3, -0.25) is 4.90 Å². The zero-order valence-corrected chi connectivity index (χ0v) is 15.6. The first-order chi connectivity index (χ1) is 11.6. The van der Waals surface area contributed by atoms with E-state index in [0.717, 1.165) is 37.8 Å². The number of hydrogen-bond acceptors (Lipinski definition) is 3. The number of benzene rings is 1. The van der Waals surface area contributed by atoms with Crippen molar-refractivity contribution in [2.45, 2.75) is 51.5 Å². The summed E-state index contributed by atoms with van der Waals surface area (Å²) in [7, 11) is 0. The number of thiocarbonyl (C=S) groups is 1. The highest BCUT2D eigenvalue weighted by Crippen LogP contribution is 2.21. The normalized spacial score (nSPS) is 28.1. The molecule has 132 valence electrons. The van der Waals surface area contributed by atoms with E-state index in [1.54, 1.807) is 0 Å². The van der Waals surface area contributed by atoms with Gasteiger partial charge in [0.25, 0.3) is 0 Å². The zero-order valence-electron chi connectivity index (χ0n) is 14.8. The molecule has 5 heteroatoms. The van der Waals surface area contributed by atoms with Crippen molar-refractivity contribution in [2.75, 3.05) is 26.2 Å². The summed E-state index contributed by atoms with van der Waals surface area (Å²) in [6.07, 6.45) is 3.11. The van der Waals surface area contributed by atoms with E-state index in [9.17, 15) is 0 Å². The fourth-order valence-corrected chi connectivity index (χ4v) is 4.21. The summed E-state index contributed by atoms with van der Waals surface area (Å²) < 4.78 is 5.85. The fourth-order valence-electron chi connectivity index (χ4n) is 3.90. The minimum absolute atomic E-state index is 0.326. The molecule has 0 amide bonds. The maximum Gasteiger partial charge on any atom is 0.169 e. The van der Waals surface area contributed by atoms with Crippen LogP contribution in [-0.2, 0) is 11.3 Å². The van der Waals surface area contributed by atoms with Crippen molar-refractivity contribution in [3.05, 3.63) is 35.9 Å². The Kier molecular flexibility index (Phi) is 6.09. The van der Waals surface area contributed by atoms with Crippen molar-refractivity contribution in [2.24, 2.45) is 0 Å². The monoisotopic (exact) mass is 347 g/mol. The van der Waals surface area contributed by atoms with Crippen LogP contribution in [0.1, 0.15) is 32.3 Å². The Morgan fingerprint density at radius 1 is 1.21 bits per heavy atom. The number of nitrogens with one attached hydrogen (secondary N) is 1. The number of ether oxygens (including phenoxy) is 1. The summed E-state index contributed by atoms with van der Waals surface area (Å²) in [5, 5.41) is 4.34. The molecule has 3 unspecified atom stereocenters. The Balaban J connectivity index is 1.52. The molecule has 24 heavy (non-hydrogen) atoms. The van der Waals surface area contributed by atoms with Gasteiger partial charge in [0.05, 0.1) is 12.2 Å². The van der Waals surface area contributed by atoms with Crippen LogP contribution >= 0.6 is 12.2 Å². The van der Waals surface area contributed by atoms with Crippen molar-refractivity contribution < 1.29 is 4.74 Å². The lowest BCUT2D eigenvalue weighted by Crippen LogP contribution is -2.52. The molecule has 2 heterocycles. The summed E-state index contributed by atoms with van der Waals surface area (Å²) in [5.74, 6) is 0. The molecule has 3 atom stereocenters. The molecule has 2 saturated heterocycles. The molecule has 2 fully saturated rings. The molecule has 2 aliphatic heterocycles. The number of morpholine rings is 1. The third kappa shape index (κ3) is 4.68. The molecule has 4 nitrogen and oxygen atoms in total. The Morgan fingerprint density at radius 3 is 2.62 bits per heavy atom. The van der Waals surface area contributed by atoms with Crippen LogP contribution in [0.25, 0.3) is 0 Å². The number of hydrogen-bond donors (Lipinski definition) is 1. The van der Waals surface area contributed by atoms with Gasteiger partial charge in [0.2, 0.25) is 0 Å². The van der Waals surface area contributed by atoms with Crippen LogP contribution in [0.2, 0.25) is 0 Å².